The van der Waals surface area contributed by atoms with Gasteiger partial charge in [0.25, 0.3) is 5.91 Å². The molecule has 0 bridgehead atoms. The number of hydrogen-bond donors (Lipinski definition) is 3. The summed E-state index contributed by atoms with van der Waals surface area (Å²) in [5, 5.41) is 4.24. The second-order valence-corrected chi connectivity index (χ2v) is 7.92. The summed E-state index contributed by atoms with van der Waals surface area (Å²) in [5.41, 5.74) is 6.73. The fourth-order valence-corrected chi connectivity index (χ4v) is 4.27. The number of aromatic nitrogens is 2. The van der Waals surface area contributed by atoms with E-state index in [2.05, 4.69) is 15.3 Å². The van der Waals surface area contributed by atoms with Crippen molar-refractivity contribution in [2.45, 2.75) is 25.8 Å². The number of aromatic amines is 1. The number of halogens is 2. The first-order chi connectivity index (χ1) is 12.8. The van der Waals surface area contributed by atoms with Gasteiger partial charge in [-0.15, -0.1) is 0 Å². The monoisotopic (exact) mass is 431 g/mol. The quantitative estimate of drug-likeness (QED) is 0.641. The number of nitrogen functional groups attached to an aromatic ring is 1. The van der Waals surface area contributed by atoms with Gasteiger partial charge in [-0.05, 0) is 19.8 Å². The largest absolute Gasteiger partial charge is 0.465 e. The fraction of sp³-hybridized carbons (Fsp3) is 0.438. The number of H-pyrrole nitrogens is 1. The smallest absolute Gasteiger partial charge is 0.351 e. The molecule has 1 aliphatic rings. The van der Waals surface area contributed by atoms with Crippen LogP contribution in [0.5, 0.6) is 0 Å². The molecule has 1 aliphatic heterocycles. The van der Waals surface area contributed by atoms with Crippen molar-refractivity contribution in [3.05, 3.63) is 26.3 Å². The number of piperidine rings is 1. The predicted octanol–water partition coefficient (Wildman–Crippen LogP) is 2.85. The second-order valence-electron chi connectivity index (χ2n) is 6.19. The van der Waals surface area contributed by atoms with E-state index in [9.17, 15) is 9.59 Å². The minimum Gasteiger partial charge on any atom is -0.465 e. The standard InChI is InChI=1S/C16H19Cl2N5O3S/c1-7-9(17)10(18)11(20-7)14(24)21-8-3-5-23(6-4-8)16-22-13(19)12(27-16)15(25)26-2/h8,20H,3-6,19H2,1-2H3,(H,21,24). The molecular formula is C16H19Cl2N5O3S. The van der Waals surface area contributed by atoms with E-state index in [1.165, 1.54) is 18.4 Å². The van der Waals surface area contributed by atoms with Gasteiger partial charge in [0.15, 0.2) is 15.8 Å². The van der Waals surface area contributed by atoms with Crippen LogP contribution in [0.15, 0.2) is 0 Å². The van der Waals surface area contributed by atoms with Crippen LogP contribution in [0.2, 0.25) is 10.0 Å². The van der Waals surface area contributed by atoms with E-state index in [0.717, 1.165) is 12.8 Å². The van der Waals surface area contributed by atoms with E-state index < -0.39 is 5.97 Å². The average Bonchev–Trinajstić information content (AvgIpc) is 3.17. The molecule has 1 fully saturated rings. The Morgan fingerprint density at radius 3 is 2.56 bits per heavy atom. The minimum atomic E-state index is -0.491. The number of ether oxygens (including phenoxy) is 1. The molecule has 8 nitrogen and oxygen atoms in total. The predicted molar refractivity (Wildman–Crippen MR) is 106 cm³/mol. The molecule has 146 valence electrons. The zero-order valence-corrected chi connectivity index (χ0v) is 17.1. The van der Waals surface area contributed by atoms with Gasteiger partial charge in [0.2, 0.25) is 0 Å². The Balaban J connectivity index is 1.60. The zero-order valence-electron chi connectivity index (χ0n) is 14.8. The molecule has 3 rings (SSSR count). The molecule has 27 heavy (non-hydrogen) atoms. The third-order valence-electron chi connectivity index (χ3n) is 4.39. The van der Waals surface area contributed by atoms with E-state index in [4.69, 9.17) is 33.7 Å². The Bertz CT molecular complexity index is 874. The molecule has 0 aliphatic carbocycles. The van der Waals surface area contributed by atoms with Crippen molar-refractivity contribution in [1.29, 1.82) is 0 Å². The SMILES string of the molecule is COC(=O)c1sc(N2CCC(NC(=O)c3[nH]c(C)c(Cl)c3Cl)CC2)nc1N. The summed E-state index contributed by atoms with van der Waals surface area (Å²) in [7, 11) is 1.31. The number of thiazole rings is 1. The summed E-state index contributed by atoms with van der Waals surface area (Å²) >= 11 is 13.3. The van der Waals surface area contributed by atoms with Gasteiger partial charge in [0.1, 0.15) is 5.69 Å². The van der Waals surface area contributed by atoms with Gasteiger partial charge in [-0.2, -0.15) is 0 Å². The number of esters is 1. The molecule has 2 aromatic rings. The highest BCUT2D eigenvalue weighted by Gasteiger charge is 2.27. The summed E-state index contributed by atoms with van der Waals surface area (Å²) in [5.74, 6) is -0.596. The van der Waals surface area contributed by atoms with Gasteiger partial charge in [-0.1, -0.05) is 34.5 Å². The van der Waals surface area contributed by atoms with Crippen LogP contribution >= 0.6 is 34.5 Å². The number of rotatable bonds is 4. The maximum absolute atomic E-state index is 12.4. The summed E-state index contributed by atoms with van der Waals surface area (Å²) < 4.78 is 4.70. The van der Waals surface area contributed by atoms with Crippen LogP contribution < -0.4 is 16.0 Å². The van der Waals surface area contributed by atoms with Gasteiger partial charge in [-0.25, -0.2) is 9.78 Å². The van der Waals surface area contributed by atoms with Crippen LogP contribution in [-0.2, 0) is 4.74 Å². The molecule has 11 heteroatoms. The number of hydrogen-bond acceptors (Lipinski definition) is 7. The highest BCUT2D eigenvalue weighted by Crippen LogP contribution is 2.31. The van der Waals surface area contributed by atoms with E-state index in [1.54, 1.807) is 6.92 Å². The number of methoxy groups -OCH3 is 1. The van der Waals surface area contributed by atoms with E-state index in [0.29, 0.717) is 33.8 Å². The lowest BCUT2D eigenvalue weighted by atomic mass is 10.1. The second kappa shape index (κ2) is 7.95. The number of nitrogens with one attached hydrogen (secondary N) is 2. The zero-order chi connectivity index (χ0) is 19.7. The summed E-state index contributed by atoms with van der Waals surface area (Å²) in [6, 6.07) is 0.00425. The van der Waals surface area contributed by atoms with Gasteiger partial charge in [-0.3, -0.25) is 4.79 Å². The van der Waals surface area contributed by atoms with Crippen LogP contribution in [0.4, 0.5) is 10.9 Å². The summed E-state index contributed by atoms with van der Waals surface area (Å²) in [6.45, 7) is 3.11. The Labute approximate surface area is 170 Å². The lowest BCUT2D eigenvalue weighted by molar-refractivity contribution is 0.0607. The third-order valence-corrected chi connectivity index (χ3v) is 6.45. The van der Waals surface area contributed by atoms with Crippen molar-refractivity contribution >= 4 is 57.4 Å². The van der Waals surface area contributed by atoms with Crippen LogP contribution in [0.25, 0.3) is 0 Å². The first kappa shape index (κ1) is 19.8. The number of nitrogens with two attached hydrogens (primary N) is 1. The van der Waals surface area contributed by atoms with Crippen LogP contribution in [0, 0.1) is 6.92 Å². The summed E-state index contributed by atoms with van der Waals surface area (Å²) in [6.07, 6.45) is 1.45. The normalized spacial score (nSPS) is 15.0. The molecule has 0 radical (unpaired) electrons. The number of nitrogens with zero attached hydrogens (tertiary/aromatic N) is 2. The maximum Gasteiger partial charge on any atom is 0.351 e. The molecule has 2 aromatic heterocycles. The Hall–Kier alpha value is -1.97. The topological polar surface area (TPSA) is 113 Å². The maximum atomic E-state index is 12.4. The van der Waals surface area contributed by atoms with Gasteiger partial charge < -0.3 is 25.7 Å². The first-order valence-corrected chi connectivity index (χ1v) is 9.83. The fourth-order valence-electron chi connectivity index (χ4n) is 2.90. The molecule has 1 amide bonds. The van der Waals surface area contributed by atoms with E-state index >= 15 is 0 Å². The van der Waals surface area contributed by atoms with Gasteiger partial charge in [0, 0.05) is 24.8 Å². The van der Waals surface area contributed by atoms with Crippen molar-refractivity contribution in [3.8, 4) is 0 Å². The van der Waals surface area contributed by atoms with Gasteiger partial charge >= 0.3 is 5.97 Å². The molecule has 0 unspecified atom stereocenters. The molecule has 1 saturated heterocycles. The van der Waals surface area contributed by atoms with Gasteiger partial charge in [0.05, 0.1) is 17.2 Å². The lowest BCUT2D eigenvalue weighted by Crippen LogP contribution is -2.44. The van der Waals surface area contributed by atoms with Crippen LogP contribution in [0.3, 0.4) is 0 Å². The van der Waals surface area contributed by atoms with E-state index in [1.807, 2.05) is 4.90 Å². The first-order valence-electron chi connectivity index (χ1n) is 8.25. The number of aryl methyl sites for hydroxylation is 1. The lowest BCUT2D eigenvalue weighted by Gasteiger charge is -2.32. The third kappa shape index (κ3) is 3.99. The number of amides is 1. The molecule has 0 saturated carbocycles. The number of anilines is 2. The Morgan fingerprint density at radius 2 is 2.00 bits per heavy atom. The van der Waals surface area contributed by atoms with Crippen molar-refractivity contribution < 1.29 is 14.3 Å². The van der Waals surface area contributed by atoms with Crippen LogP contribution in [-0.4, -0.2) is 48.1 Å². The molecule has 0 atom stereocenters. The Morgan fingerprint density at radius 1 is 1.33 bits per heavy atom. The van der Waals surface area contributed by atoms with E-state index in [-0.39, 0.29) is 28.5 Å². The molecule has 0 aromatic carbocycles. The molecule has 4 N–H and O–H groups in total. The van der Waals surface area contributed by atoms with Crippen molar-refractivity contribution in [3.63, 3.8) is 0 Å². The minimum absolute atomic E-state index is 0.00425. The highest BCUT2D eigenvalue weighted by atomic mass is 35.5. The number of carbonyl (C=O) groups is 2. The number of carbonyl (C=O) groups excluding carboxylic acids is 2. The highest BCUT2D eigenvalue weighted by molar-refractivity contribution is 7.18. The average molecular weight is 432 g/mol. The van der Waals surface area contributed by atoms with Crippen LogP contribution in [0.1, 0.15) is 38.7 Å². The molecule has 3 heterocycles. The van der Waals surface area contributed by atoms with Crippen molar-refractivity contribution in [1.82, 2.24) is 15.3 Å². The molecular weight excluding hydrogens is 413 g/mol. The summed E-state index contributed by atoms with van der Waals surface area (Å²) in [4.78, 5) is 33.6. The Kier molecular flexibility index (Phi) is 5.83. The van der Waals surface area contributed by atoms with Crippen molar-refractivity contribution in [2.75, 3.05) is 30.8 Å². The van der Waals surface area contributed by atoms with Crippen molar-refractivity contribution in [2.24, 2.45) is 0 Å². The molecule has 0 spiro atoms.